The second-order valence-electron chi connectivity index (χ2n) is 4.68. The predicted molar refractivity (Wildman–Crippen MR) is 80.0 cm³/mol. The number of ether oxygens (including phenoxy) is 1. The van der Waals surface area contributed by atoms with Crippen LogP contribution in [0.4, 0.5) is 0 Å². The van der Waals surface area contributed by atoms with Crippen molar-refractivity contribution in [2.24, 2.45) is 0 Å². The summed E-state index contributed by atoms with van der Waals surface area (Å²) < 4.78 is 5.12. The van der Waals surface area contributed by atoms with E-state index in [0.717, 1.165) is 30.6 Å². The summed E-state index contributed by atoms with van der Waals surface area (Å²) in [5.74, 6) is 0.857. The number of rotatable bonds is 7. The Kier molecular flexibility index (Phi) is 5.43. The van der Waals surface area contributed by atoms with Gasteiger partial charge in [0.25, 0.3) is 0 Å². The van der Waals surface area contributed by atoms with Crippen molar-refractivity contribution < 1.29 is 9.84 Å². The van der Waals surface area contributed by atoms with Gasteiger partial charge in [0.05, 0.1) is 13.2 Å². The van der Waals surface area contributed by atoms with Crippen molar-refractivity contribution in [3.8, 4) is 5.75 Å². The van der Waals surface area contributed by atoms with E-state index in [1.54, 1.807) is 18.4 Å². The van der Waals surface area contributed by atoms with Gasteiger partial charge in [-0.25, -0.2) is 0 Å². The van der Waals surface area contributed by atoms with Gasteiger partial charge in [0.2, 0.25) is 0 Å². The molecule has 0 fully saturated rings. The highest BCUT2D eigenvalue weighted by Gasteiger charge is 2.06. The summed E-state index contributed by atoms with van der Waals surface area (Å²) in [7, 11) is 1.66. The molecule has 1 aromatic carbocycles. The first-order valence-corrected chi connectivity index (χ1v) is 7.49. The van der Waals surface area contributed by atoms with E-state index >= 15 is 0 Å². The number of hydrogen-bond donors (Lipinski definition) is 1. The minimum absolute atomic E-state index is 0.256. The van der Waals surface area contributed by atoms with E-state index in [4.69, 9.17) is 4.74 Å². The lowest BCUT2D eigenvalue weighted by Crippen LogP contribution is -2.10. The molecule has 0 saturated carbocycles. The molecule has 1 heterocycles. The van der Waals surface area contributed by atoms with Crippen LogP contribution in [0.2, 0.25) is 0 Å². The van der Waals surface area contributed by atoms with Gasteiger partial charge in [-0.3, -0.25) is 0 Å². The van der Waals surface area contributed by atoms with E-state index in [1.807, 2.05) is 24.3 Å². The Bertz CT molecular complexity index is 462. The summed E-state index contributed by atoms with van der Waals surface area (Å²) in [6.45, 7) is 0. The molecule has 1 N–H and O–H groups in total. The van der Waals surface area contributed by atoms with Gasteiger partial charge in [0.15, 0.2) is 0 Å². The van der Waals surface area contributed by atoms with Gasteiger partial charge >= 0.3 is 0 Å². The molecule has 0 amide bonds. The molecule has 0 aliphatic rings. The summed E-state index contributed by atoms with van der Waals surface area (Å²) >= 11 is 1.79. The third-order valence-electron chi connectivity index (χ3n) is 3.17. The molecule has 0 aliphatic carbocycles. The van der Waals surface area contributed by atoms with Crippen molar-refractivity contribution in [3.63, 3.8) is 0 Å². The normalized spacial score (nSPS) is 12.3. The zero-order valence-electron chi connectivity index (χ0n) is 11.2. The molecule has 0 radical (unpaired) electrons. The quantitative estimate of drug-likeness (QED) is 0.836. The number of hydrogen-bond acceptors (Lipinski definition) is 3. The highest BCUT2D eigenvalue weighted by Crippen LogP contribution is 2.16. The minimum atomic E-state index is -0.256. The lowest BCUT2D eigenvalue weighted by molar-refractivity contribution is 0.162. The number of aliphatic hydroxyl groups is 1. The fourth-order valence-corrected chi connectivity index (χ4v) is 2.85. The van der Waals surface area contributed by atoms with Gasteiger partial charge in [-0.1, -0.05) is 18.2 Å². The van der Waals surface area contributed by atoms with Crippen LogP contribution >= 0.6 is 11.3 Å². The van der Waals surface area contributed by atoms with Crippen LogP contribution in [-0.4, -0.2) is 18.3 Å². The maximum atomic E-state index is 10.0. The van der Waals surface area contributed by atoms with Crippen molar-refractivity contribution >= 4 is 11.3 Å². The van der Waals surface area contributed by atoms with E-state index in [9.17, 15) is 5.11 Å². The largest absolute Gasteiger partial charge is 0.497 e. The van der Waals surface area contributed by atoms with Crippen LogP contribution < -0.4 is 4.74 Å². The average Bonchev–Trinajstić information content (AvgIpc) is 2.93. The third-order valence-corrected chi connectivity index (χ3v) is 4.11. The topological polar surface area (TPSA) is 29.5 Å². The van der Waals surface area contributed by atoms with Crippen molar-refractivity contribution in [1.82, 2.24) is 0 Å². The number of methoxy groups -OCH3 is 1. The van der Waals surface area contributed by atoms with Crippen molar-refractivity contribution in [3.05, 3.63) is 52.2 Å². The van der Waals surface area contributed by atoms with Crippen LogP contribution in [0.5, 0.6) is 5.75 Å². The highest BCUT2D eigenvalue weighted by molar-refractivity contribution is 7.09. The van der Waals surface area contributed by atoms with Gasteiger partial charge in [-0.05, 0) is 54.8 Å². The molecule has 102 valence electrons. The Morgan fingerprint density at radius 3 is 2.63 bits per heavy atom. The molecule has 0 aliphatic heterocycles. The molecular weight excluding hydrogens is 256 g/mol. The Labute approximate surface area is 118 Å². The van der Waals surface area contributed by atoms with Gasteiger partial charge in [-0.15, -0.1) is 11.3 Å². The molecule has 1 aromatic heterocycles. The van der Waals surface area contributed by atoms with E-state index in [1.165, 1.54) is 4.88 Å². The SMILES string of the molecule is COc1ccc(CC(O)CCCc2cccs2)cc1. The molecule has 1 unspecified atom stereocenters. The molecule has 2 nitrogen and oxygen atoms in total. The van der Waals surface area contributed by atoms with E-state index in [2.05, 4.69) is 17.5 Å². The molecule has 0 saturated heterocycles. The molecule has 0 bridgehead atoms. The van der Waals surface area contributed by atoms with Crippen molar-refractivity contribution in [2.75, 3.05) is 7.11 Å². The first-order valence-electron chi connectivity index (χ1n) is 6.61. The summed E-state index contributed by atoms with van der Waals surface area (Å²) in [5, 5.41) is 12.1. The molecule has 1 atom stereocenters. The average molecular weight is 276 g/mol. The Balaban J connectivity index is 1.72. The summed E-state index contributed by atoms with van der Waals surface area (Å²) in [6, 6.07) is 12.1. The van der Waals surface area contributed by atoms with Crippen molar-refractivity contribution in [1.29, 1.82) is 0 Å². The Morgan fingerprint density at radius 2 is 2.00 bits per heavy atom. The number of thiophene rings is 1. The van der Waals surface area contributed by atoms with Gasteiger partial charge in [-0.2, -0.15) is 0 Å². The van der Waals surface area contributed by atoms with Crippen LogP contribution in [0.1, 0.15) is 23.3 Å². The first kappa shape index (κ1) is 14.1. The highest BCUT2D eigenvalue weighted by atomic mass is 32.1. The molecule has 3 heteroatoms. The Hall–Kier alpha value is -1.32. The standard InChI is InChI=1S/C16H20O2S/c1-18-15-9-7-13(8-10-15)12-14(17)4-2-5-16-6-3-11-19-16/h3,6-11,14,17H,2,4-5,12H2,1H3. The number of aliphatic hydroxyl groups excluding tert-OH is 1. The van der Waals surface area contributed by atoms with Gasteiger partial charge < -0.3 is 9.84 Å². The number of aryl methyl sites for hydroxylation is 1. The molecule has 2 aromatic rings. The van der Waals surface area contributed by atoms with Gasteiger partial charge in [0, 0.05) is 4.88 Å². The van der Waals surface area contributed by atoms with E-state index in [0.29, 0.717) is 6.42 Å². The smallest absolute Gasteiger partial charge is 0.118 e. The van der Waals surface area contributed by atoms with Crippen LogP contribution in [0.3, 0.4) is 0 Å². The summed E-state index contributed by atoms with van der Waals surface area (Å²) in [6.07, 6.45) is 3.42. The predicted octanol–water partition coefficient (Wildman–Crippen LogP) is 3.68. The molecule has 19 heavy (non-hydrogen) atoms. The lowest BCUT2D eigenvalue weighted by atomic mass is 10.0. The van der Waals surface area contributed by atoms with Crippen LogP contribution in [0, 0.1) is 0 Å². The zero-order valence-corrected chi connectivity index (χ0v) is 12.0. The van der Waals surface area contributed by atoms with Crippen LogP contribution in [-0.2, 0) is 12.8 Å². The first-order chi connectivity index (χ1) is 9.28. The van der Waals surface area contributed by atoms with Crippen molar-refractivity contribution in [2.45, 2.75) is 31.8 Å². The second-order valence-corrected chi connectivity index (χ2v) is 5.71. The van der Waals surface area contributed by atoms with Gasteiger partial charge in [0.1, 0.15) is 5.75 Å². The fraction of sp³-hybridized carbons (Fsp3) is 0.375. The summed E-state index contributed by atoms with van der Waals surface area (Å²) in [4.78, 5) is 1.40. The van der Waals surface area contributed by atoms with Crippen LogP contribution in [0.25, 0.3) is 0 Å². The van der Waals surface area contributed by atoms with E-state index in [-0.39, 0.29) is 6.10 Å². The second kappa shape index (κ2) is 7.31. The lowest BCUT2D eigenvalue weighted by Gasteiger charge is -2.10. The Morgan fingerprint density at radius 1 is 1.21 bits per heavy atom. The monoisotopic (exact) mass is 276 g/mol. The third kappa shape index (κ3) is 4.69. The zero-order chi connectivity index (χ0) is 13.5. The maximum Gasteiger partial charge on any atom is 0.118 e. The molecular formula is C16H20O2S. The summed E-state index contributed by atoms with van der Waals surface area (Å²) in [5.41, 5.74) is 1.16. The van der Waals surface area contributed by atoms with Crippen LogP contribution in [0.15, 0.2) is 41.8 Å². The van der Waals surface area contributed by atoms with E-state index < -0.39 is 0 Å². The molecule has 2 rings (SSSR count). The minimum Gasteiger partial charge on any atom is -0.497 e. The molecule has 0 spiro atoms. The number of benzene rings is 1. The fourth-order valence-electron chi connectivity index (χ4n) is 2.10. The maximum absolute atomic E-state index is 10.0.